The summed E-state index contributed by atoms with van der Waals surface area (Å²) >= 11 is 0. The fraction of sp³-hybridized carbons (Fsp3) is 0.190. The molecule has 3 aromatic rings. The second kappa shape index (κ2) is 8.46. The Kier molecular flexibility index (Phi) is 5.54. The van der Waals surface area contributed by atoms with Gasteiger partial charge in [0.2, 0.25) is 5.95 Å². The van der Waals surface area contributed by atoms with Gasteiger partial charge in [-0.15, -0.1) is 0 Å². The van der Waals surface area contributed by atoms with Crippen LogP contribution in [0.5, 0.6) is 11.5 Å². The molecule has 32 heavy (non-hydrogen) atoms. The van der Waals surface area contributed by atoms with E-state index < -0.39 is 23.6 Å². The Bertz CT molecular complexity index is 1220. The number of hydrogen-bond acceptors (Lipinski definition) is 9. The van der Waals surface area contributed by atoms with Gasteiger partial charge in [-0.05, 0) is 46.8 Å². The number of rotatable bonds is 6. The Morgan fingerprint density at radius 3 is 2.47 bits per heavy atom. The summed E-state index contributed by atoms with van der Waals surface area (Å²) in [5, 5.41) is 14.3. The van der Waals surface area contributed by atoms with Crippen LogP contribution in [0.4, 0.5) is 10.3 Å². The van der Waals surface area contributed by atoms with E-state index in [9.17, 15) is 14.0 Å². The van der Waals surface area contributed by atoms with Crippen LogP contribution in [0.3, 0.4) is 0 Å². The number of ether oxygens (including phenoxy) is 3. The number of nitrogens with zero attached hydrogens (tertiary/aromatic N) is 4. The molecule has 0 saturated heterocycles. The molecule has 2 aromatic carbocycles. The SMILES string of the molecule is COC(=O)C1=C(C(=O)c2ccc(F)cc2)[C@H](c2ccc(OC)cc2OC)n2nnnc2N1. The molecule has 0 bridgehead atoms. The number of hydrogen-bond donors (Lipinski definition) is 1. The lowest BCUT2D eigenvalue weighted by atomic mass is 9.89. The predicted octanol–water partition coefficient (Wildman–Crippen LogP) is 2.15. The number of carbonyl (C=O) groups is 2. The molecule has 2 heterocycles. The van der Waals surface area contributed by atoms with Crippen molar-refractivity contribution < 1.29 is 28.2 Å². The minimum Gasteiger partial charge on any atom is -0.497 e. The van der Waals surface area contributed by atoms with Crippen LogP contribution in [0, 0.1) is 5.82 Å². The number of methoxy groups -OCH3 is 3. The molecule has 0 radical (unpaired) electrons. The quantitative estimate of drug-likeness (QED) is 0.455. The standard InChI is InChI=1S/C21H18FN5O5/c1-30-13-8-9-14(15(10-13)31-2)18-16(19(28)11-4-6-12(22)7-5-11)17(20(29)32-3)23-21-24-25-26-27(18)21/h4-10,18H,1-3H3,(H,23,24,26)/t18-/m0/s1. The van der Waals surface area contributed by atoms with Gasteiger partial charge in [0.15, 0.2) is 5.78 Å². The number of halogens is 1. The Labute approximate surface area is 181 Å². The van der Waals surface area contributed by atoms with Crippen LogP contribution in [0.2, 0.25) is 0 Å². The molecule has 0 spiro atoms. The zero-order valence-corrected chi connectivity index (χ0v) is 17.3. The number of ketones is 1. The molecule has 164 valence electrons. The highest BCUT2D eigenvalue weighted by Gasteiger charge is 2.39. The summed E-state index contributed by atoms with van der Waals surface area (Å²) in [6, 6.07) is 9.04. The van der Waals surface area contributed by atoms with Crippen molar-refractivity contribution in [3.05, 3.63) is 70.7 Å². The van der Waals surface area contributed by atoms with E-state index in [1.165, 1.54) is 38.1 Å². The van der Waals surface area contributed by atoms with Crippen LogP contribution < -0.4 is 14.8 Å². The highest BCUT2D eigenvalue weighted by Crippen LogP contribution is 2.41. The first-order valence-electron chi connectivity index (χ1n) is 9.38. The highest BCUT2D eigenvalue weighted by atomic mass is 19.1. The largest absolute Gasteiger partial charge is 0.497 e. The number of benzene rings is 2. The molecular formula is C21H18FN5O5. The van der Waals surface area contributed by atoms with E-state index in [-0.39, 0.29) is 22.8 Å². The van der Waals surface area contributed by atoms with Crippen molar-refractivity contribution in [3.63, 3.8) is 0 Å². The van der Waals surface area contributed by atoms with Gasteiger partial charge in [-0.1, -0.05) is 5.10 Å². The van der Waals surface area contributed by atoms with Gasteiger partial charge in [-0.2, -0.15) is 4.68 Å². The maximum absolute atomic E-state index is 13.6. The number of allylic oxidation sites excluding steroid dienone is 1. The first kappa shape index (κ1) is 21.0. The summed E-state index contributed by atoms with van der Waals surface area (Å²) in [6.45, 7) is 0. The molecule has 0 saturated carbocycles. The first-order chi connectivity index (χ1) is 15.5. The molecule has 1 atom stereocenters. The van der Waals surface area contributed by atoms with Crippen LogP contribution in [0.1, 0.15) is 22.0 Å². The molecule has 10 nitrogen and oxygen atoms in total. The predicted molar refractivity (Wildman–Crippen MR) is 109 cm³/mol. The minimum atomic E-state index is -0.950. The minimum absolute atomic E-state index is 0.00623. The van der Waals surface area contributed by atoms with Gasteiger partial charge in [-0.25, -0.2) is 9.18 Å². The van der Waals surface area contributed by atoms with Crippen molar-refractivity contribution >= 4 is 17.7 Å². The fourth-order valence-electron chi connectivity index (χ4n) is 3.48. The third kappa shape index (κ3) is 3.53. The normalized spacial score (nSPS) is 14.9. The lowest BCUT2D eigenvalue weighted by Crippen LogP contribution is -2.33. The van der Waals surface area contributed by atoms with Gasteiger partial charge >= 0.3 is 5.97 Å². The van der Waals surface area contributed by atoms with Gasteiger partial charge in [0.25, 0.3) is 0 Å². The number of aromatic nitrogens is 4. The second-order valence-corrected chi connectivity index (χ2v) is 6.70. The van der Waals surface area contributed by atoms with E-state index in [1.54, 1.807) is 18.2 Å². The van der Waals surface area contributed by atoms with Crippen molar-refractivity contribution in [1.29, 1.82) is 0 Å². The van der Waals surface area contributed by atoms with Crippen molar-refractivity contribution in [2.75, 3.05) is 26.6 Å². The van der Waals surface area contributed by atoms with Crippen LogP contribution in [0.15, 0.2) is 53.7 Å². The van der Waals surface area contributed by atoms with E-state index in [4.69, 9.17) is 14.2 Å². The summed E-state index contributed by atoms with van der Waals surface area (Å²) in [4.78, 5) is 26.3. The zero-order valence-electron chi connectivity index (χ0n) is 17.3. The van der Waals surface area contributed by atoms with Crippen molar-refractivity contribution in [2.24, 2.45) is 0 Å². The molecule has 11 heteroatoms. The van der Waals surface area contributed by atoms with E-state index in [0.717, 1.165) is 12.1 Å². The molecule has 1 aromatic heterocycles. The molecule has 0 unspecified atom stereocenters. The van der Waals surface area contributed by atoms with Crippen LogP contribution in [0.25, 0.3) is 0 Å². The lowest BCUT2D eigenvalue weighted by molar-refractivity contribution is -0.136. The third-order valence-electron chi connectivity index (χ3n) is 4.99. The number of esters is 1. The molecule has 4 rings (SSSR count). The van der Waals surface area contributed by atoms with Crippen molar-refractivity contribution in [3.8, 4) is 11.5 Å². The van der Waals surface area contributed by atoms with Gasteiger partial charge in [0, 0.05) is 17.2 Å². The van der Waals surface area contributed by atoms with E-state index in [0.29, 0.717) is 17.1 Å². The van der Waals surface area contributed by atoms with E-state index in [1.807, 2.05) is 0 Å². The maximum Gasteiger partial charge on any atom is 0.355 e. The van der Waals surface area contributed by atoms with Crippen LogP contribution in [-0.4, -0.2) is 53.3 Å². The summed E-state index contributed by atoms with van der Waals surface area (Å²) in [5.41, 5.74) is 0.535. The number of fused-ring (bicyclic) bond motifs is 1. The van der Waals surface area contributed by atoms with Crippen molar-refractivity contribution in [1.82, 2.24) is 20.2 Å². The average molecular weight is 439 g/mol. The Morgan fingerprint density at radius 1 is 1.06 bits per heavy atom. The number of carbonyl (C=O) groups excluding carboxylic acids is 2. The van der Waals surface area contributed by atoms with Gasteiger partial charge in [-0.3, -0.25) is 4.79 Å². The smallest absolute Gasteiger partial charge is 0.355 e. The van der Waals surface area contributed by atoms with Gasteiger partial charge < -0.3 is 19.5 Å². The van der Waals surface area contributed by atoms with Gasteiger partial charge in [0.1, 0.15) is 29.1 Å². The Morgan fingerprint density at radius 2 is 1.81 bits per heavy atom. The molecule has 0 aliphatic carbocycles. The molecule has 0 fully saturated rings. The monoisotopic (exact) mass is 439 g/mol. The first-order valence-corrected chi connectivity index (χ1v) is 9.38. The van der Waals surface area contributed by atoms with E-state index >= 15 is 0 Å². The number of nitrogens with one attached hydrogen (secondary N) is 1. The summed E-state index contributed by atoms with van der Waals surface area (Å²) in [7, 11) is 4.17. The lowest BCUT2D eigenvalue weighted by Gasteiger charge is -2.29. The van der Waals surface area contributed by atoms with E-state index in [2.05, 4.69) is 20.8 Å². The summed E-state index contributed by atoms with van der Waals surface area (Å²) in [6.07, 6.45) is 0. The van der Waals surface area contributed by atoms with Crippen LogP contribution in [-0.2, 0) is 9.53 Å². The molecule has 1 aliphatic heterocycles. The molecule has 1 N–H and O–H groups in total. The average Bonchev–Trinajstić information content (AvgIpc) is 3.30. The molecular weight excluding hydrogens is 421 g/mol. The topological polar surface area (TPSA) is 117 Å². The number of Topliss-reactive ketones (excluding diaryl/α,β-unsaturated/α-hetero) is 1. The van der Waals surface area contributed by atoms with Gasteiger partial charge in [0.05, 0.1) is 26.9 Å². The number of anilines is 1. The van der Waals surface area contributed by atoms with Crippen LogP contribution >= 0.6 is 0 Å². The Hall–Kier alpha value is -4.28. The Balaban J connectivity index is 1.98. The van der Waals surface area contributed by atoms with Crippen molar-refractivity contribution in [2.45, 2.75) is 6.04 Å². The summed E-state index contributed by atoms with van der Waals surface area (Å²) in [5.74, 6) is -0.791. The molecule has 0 amide bonds. The maximum atomic E-state index is 13.6. The highest BCUT2D eigenvalue weighted by molar-refractivity contribution is 6.15. The summed E-state index contributed by atoms with van der Waals surface area (Å²) < 4.78 is 30.5. The zero-order chi connectivity index (χ0) is 22.8. The fourth-order valence-corrected chi connectivity index (χ4v) is 3.48. The second-order valence-electron chi connectivity index (χ2n) is 6.70. The third-order valence-corrected chi connectivity index (χ3v) is 4.99. The molecule has 1 aliphatic rings. The number of tetrazole rings is 1.